The zero-order chi connectivity index (χ0) is 14.5. The molecule has 2 unspecified atom stereocenters. The van der Waals surface area contributed by atoms with E-state index in [1.54, 1.807) is 18.2 Å². The molecule has 110 valence electrons. The highest BCUT2D eigenvalue weighted by Gasteiger charge is 2.32. The normalized spacial score (nSPS) is 21.9. The van der Waals surface area contributed by atoms with E-state index < -0.39 is 11.9 Å². The van der Waals surface area contributed by atoms with Crippen molar-refractivity contribution in [1.29, 1.82) is 0 Å². The maximum Gasteiger partial charge on any atom is 0.256 e. The molecule has 1 saturated heterocycles. The fraction of sp³-hybridized carbons (Fsp3) is 0.533. The van der Waals surface area contributed by atoms with Crippen LogP contribution in [0.5, 0.6) is 0 Å². The minimum absolute atomic E-state index is 0.0842. The first-order valence-electron chi connectivity index (χ1n) is 7.05. The van der Waals surface area contributed by atoms with Gasteiger partial charge in [0.25, 0.3) is 5.91 Å². The van der Waals surface area contributed by atoms with Crippen LogP contribution in [0, 0.1) is 5.82 Å². The van der Waals surface area contributed by atoms with Crippen molar-refractivity contribution in [3.63, 3.8) is 0 Å². The van der Waals surface area contributed by atoms with Gasteiger partial charge in [-0.05, 0) is 44.9 Å². The fourth-order valence-corrected chi connectivity index (χ4v) is 2.43. The first kappa shape index (κ1) is 14.9. The topological polar surface area (TPSA) is 55.6 Å². The van der Waals surface area contributed by atoms with Crippen LogP contribution in [0.25, 0.3) is 0 Å². The average molecular weight is 280 g/mol. The Balaban J connectivity index is 2.19. The summed E-state index contributed by atoms with van der Waals surface area (Å²) in [7, 11) is 0. The van der Waals surface area contributed by atoms with Crippen LogP contribution in [-0.2, 0) is 9.53 Å². The first-order valence-corrected chi connectivity index (χ1v) is 7.05. The Morgan fingerprint density at radius 2 is 2.20 bits per heavy atom. The molecule has 20 heavy (non-hydrogen) atoms. The number of amides is 1. The van der Waals surface area contributed by atoms with Crippen molar-refractivity contribution < 1.29 is 13.9 Å². The lowest BCUT2D eigenvalue weighted by Crippen LogP contribution is -2.41. The lowest BCUT2D eigenvalue weighted by Gasteiger charge is -2.26. The summed E-state index contributed by atoms with van der Waals surface area (Å²) in [6.07, 6.45) is 1.79. The number of nitrogens with two attached hydrogens (primary N) is 1. The van der Waals surface area contributed by atoms with Crippen molar-refractivity contribution >= 4 is 11.6 Å². The number of para-hydroxylation sites is 1. The lowest BCUT2D eigenvalue weighted by atomic mass is 10.1. The molecule has 0 radical (unpaired) electrons. The molecule has 1 heterocycles. The summed E-state index contributed by atoms with van der Waals surface area (Å²) in [5.41, 5.74) is 5.81. The molecule has 2 rings (SSSR count). The molecular weight excluding hydrogens is 259 g/mol. The van der Waals surface area contributed by atoms with Gasteiger partial charge >= 0.3 is 0 Å². The van der Waals surface area contributed by atoms with Gasteiger partial charge in [0.05, 0.1) is 11.8 Å². The maximum absolute atomic E-state index is 13.9. The van der Waals surface area contributed by atoms with Crippen LogP contribution in [0.1, 0.15) is 26.2 Å². The van der Waals surface area contributed by atoms with Crippen molar-refractivity contribution in [1.82, 2.24) is 0 Å². The Morgan fingerprint density at radius 3 is 2.80 bits per heavy atom. The summed E-state index contributed by atoms with van der Waals surface area (Å²) in [5.74, 6) is -0.572. The second-order valence-electron chi connectivity index (χ2n) is 5.10. The Bertz CT molecular complexity index is 467. The third-order valence-electron chi connectivity index (χ3n) is 3.50. The van der Waals surface area contributed by atoms with Gasteiger partial charge in [0, 0.05) is 6.54 Å². The van der Waals surface area contributed by atoms with E-state index in [-0.39, 0.29) is 12.0 Å². The summed E-state index contributed by atoms with van der Waals surface area (Å²) in [4.78, 5) is 14.0. The number of ether oxygens (including phenoxy) is 1. The molecule has 1 aromatic carbocycles. The lowest BCUT2D eigenvalue weighted by molar-refractivity contribution is -0.129. The van der Waals surface area contributed by atoms with E-state index in [2.05, 4.69) is 0 Å². The van der Waals surface area contributed by atoms with Gasteiger partial charge in [-0.25, -0.2) is 4.39 Å². The van der Waals surface area contributed by atoms with Crippen LogP contribution in [0.4, 0.5) is 10.1 Å². The Morgan fingerprint density at radius 1 is 1.45 bits per heavy atom. The molecule has 1 fully saturated rings. The van der Waals surface area contributed by atoms with E-state index in [0.29, 0.717) is 31.6 Å². The molecule has 4 nitrogen and oxygen atoms in total. The number of halogens is 1. The van der Waals surface area contributed by atoms with Gasteiger partial charge in [0.1, 0.15) is 11.9 Å². The first-order chi connectivity index (χ1) is 9.63. The van der Waals surface area contributed by atoms with Crippen molar-refractivity contribution in [2.24, 2.45) is 5.73 Å². The van der Waals surface area contributed by atoms with Gasteiger partial charge in [-0.2, -0.15) is 0 Å². The molecule has 2 atom stereocenters. The molecule has 1 amide bonds. The molecule has 0 aliphatic carbocycles. The largest absolute Gasteiger partial charge is 0.365 e. The Kier molecular flexibility index (Phi) is 5.09. The summed E-state index contributed by atoms with van der Waals surface area (Å²) in [5, 5.41) is 0. The van der Waals surface area contributed by atoms with Gasteiger partial charge in [-0.15, -0.1) is 0 Å². The standard InChI is InChI=1S/C15H21FN2O2/c1-11-7-8-14(20-11)15(19)18(10-4-9-17)13-6-3-2-5-12(13)16/h2-3,5-6,11,14H,4,7-10,17H2,1H3. The van der Waals surface area contributed by atoms with E-state index in [9.17, 15) is 9.18 Å². The summed E-state index contributed by atoms with van der Waals surface area (Å²) < 4.78 is 19.5. The zero-order valence-electron chi connectivity index (χ0n) is 11.7. The molecule has 0 saturated carbocycles. The van der Waals surface area contributed by atoms with Crippen LogP contribution < -0.4 is 10.6 Å². The van der Waals surface area contributed by atoms with Crippen LogP contribution in [0.15, 0.2) is 24.3 Å². The van der Waals surface area contributed by atoms with E-state index in [1.165, 1.54) is 11.0 Å². The molecule has 1 aliphatic heterocycles. The van der Waals surface area contributed by atoms with Gasteiger partial charge in [0.15, 0.2) is 0 Å². The minimum Gasteiger partial charge on any atom is -0.365 e. The van der Waals surface area contributed by atoms with Crippen molar-refractivity contribution in [2.45, 2.75) is 38.4 Å². The van der Waals surface area contributed by atoms with Crippen molar-refractivity contribution in [3.8, 4) is 0 Å². The number of nitrogens with zero attached hydrogens (tertiary/aromatic N) is 1. The van der Waals surface area contributed by atoms with Gasteiger partial charge in [-0.3, -0.25) is 4.79 Å². The molecule has 1 aliphatic rings. The summed E-state index contributed by atoms with van der Waals surface area (Å²) in [6, 6.07) is 6.30. The number of hydrogen-bond donors (Lipinski definition) is 1. The highest BCUT2D eigenvalue weighted by atomic mass is 19.1. The highest BCUT2D eigenvalue weighted by molar-refractivity contribution is 5.96. The van der Waals surface area contributed by atoms with E-state index in [0.717, 1.165) is 6.42 Å². The smallest absolute Gasteiger partial charge is 0.256 e. The SMILES string of the molecule is CC1CCC(C(=O)N(CCCN)c2ccccc2F)O1. The second-order valence-corrected chi connectivity index (χ2v) is 5.10. The summed E-state index contributed by atoms with van der Waals surface area (Å²) >= 11 is 0. The van der Waals surface area contributed by atoms with Crippen molar-refractivity contribution in [2.75, 3.05) is 18.0 Å². The highest BCUT2D eigenvalue weighted by Crippen LogP contribution is 2.25. The maximum atomic E-state index is 13.9. The zero-order valence-corrected chi connectivity index (χ0v) is 11.7. The van der Waals surface area contributed by atoms with Crippen LogP contribution in [0.2, 0.25) is 0 Å². The fourth-order valence-electron chi connectivity index (χ4n) is 2.43. The van der Waals surface area contributed by atoms with E-state index in [4.69, 9.17) is 10.5 Å². The molecule has 0 spiro atoms. The predicted molar refractivity (Wildman–Crippen MR) is 76.0 cm³/mol. The van der Waals surface area contributed by atoms with Crippen LogP contribution in [-0.4, -0.2) is 31.2 Å². The summed E-state index contributed by atoms with van der Waals surface area (Å²) in [6.45, 7) is 2.81. The Hall–Kier alpha value is -1.46. The molecule has 1 aromatic rings. The number of benzene rings is 1. The third kappa shape index (κ3) is 3.35. The van der Waals surface area contributed by atoms with Gasteiger partial charge < -0.3 is 15.4 Å². The number of anilines is 1. The van der Waals surface area contributed by atoms with Crippen molar-refractivity contribution in [3.05, 3.63) is 30.1 Å². The van der Waals surface area contributed by atoms with Gasteiger partial charge in [0.2, 0.25) is 0 Å². The van der Waals surface area contributed by atoms with Gasteiger partial charge in [-0.1, -0.05) is 12.1 Å². The monoisotopic (exact) mass is 280 g/mol. The number of carbonyl (C=O) groups is 1. The average Bonchev–Trinajstić information content (AvgIpc) is 2.87. The number of rotatable bonds is 5. The molecule has 0 aromatic heterocycles. The third-order valence-corrected chi connectivity index (χ3v) is 3.50. The number of carbonyl (C=O) groups excluding carboxylic acids is 1. The molecular formula is C15H21FN2O2. The van der Waals surface area contributed by atoms with Crippen LogP contribution >= 0.6 is 0 Å². The quantitative estimate of drug-likeness (QED) is 0.898. The van der Waals surface area contributed by atoms with E-state index in [1.807, 2.05) is 6.92 Å². The molecule has 5 heteroatoms. The van der Waals surface area contributed by atoms with Crippen LogP contribution in [0.3, 0.4) is 0 Å². The molecule has 0 bridgehead atoms. The Labute approximate surface area is 118 Å². The second kappa shape index (κ2) is 6.81. The molecule has 2 N–H and O–H groups in total. The minimum atomic E-state index is -0.470. The predicted octanol–water partition coefficient (Wildman–Crippen LogP) is 2.07. The van der Waals surface area contributed by atoms with E-state index >= 15 is 0 Å². The number of hydrogen-bond acceptors (Lipinski definition) is 3.